The van der Waals surface area contributed by atoms with Crippen molar-refractivity contribution in [3.05, 3.63) is 0 Å². The van der Waals surface area contributed by atoms with E-state index in [2.05, 4.69) is 5.32 Å². The van der Waals surface area contributed by atoms with Crippen molar-refractivity contribution in [2.45, 2.75) is 60.1 Å². The van der Waals surface area contributed by atoms with Crippen LogP contribution in [-0.2, 0) is 14.3 Å². The summed E-state index contributed by atoms with van der Waals surface area (Å²) in [4.78, 5) is 35.1. The van der Waals surface area contributed by atoms with E-state index in [9.17, 15) is 14.4 Å². The lowest BCUT2D eigenvalue weighted by Crippen LogP contribution is -2.49. The fourth-order valence-electron chi connectivity index (χ4n) is 1.47. The van der Waals surface area contributed by atoms with E-state index in [1.54, 1.807) is 27.7 Å². The van der Waals surface area contributed by atoms with Crippen molar-refractivity contribution in [1.82, 2.24) is 5.32 Å². The molecule has 0 saturated carbocycles. The Morgan fingerprint density at radius 3 is 1.84 bits per heavy atom. The van der Waals surface area contributed by atoms with Gasteiger partial charge in [0, 0.05) is 0 Å². The van der Waals surface area contributed by atoms with Crippen LogP contribution in [-0.4, -0.2) is 29.3 Å². The first-order chi connectivity index (χ1) is 8.45. The molecule has 0 aliphatic heterocycles. The molecule has 0 aromatic heterocycles. The van der Waals surface area contributed by atoms with Gasteiger partial charge < -0.3 is 10.1 Å². The molecule has 0 heterocycles. The van der Waals surface area contributed by atoms with Crippen molar-refractivity contribution in [2.75, 3.05) is 0 Å². The minimum atomic E-state index is -0.720. The molecule has 0 aromatic carbocycles. The molecule has 0 aliphatic carbocycles. The van der Waals surface area contributed by atoms with Gasteiger partial charge in [0.25, 0.3) is 0 Å². The predicted molar refractivity (Wildman–Crippen MR) is 72.8 cm³/mol. The van der Waals surface area contributed by atoms with Gasteiger partial charge in [0.05, 0.1) is 12.0 Å². The Bertz CT molecular complexity index is 355. The zero-order valence-corrected chi connectivity index (χ0v) is 12.9. The molecule has 0 fully saturated rings. The zero-order chi connectivity index (χ0) is 15.4. The Balaban J connectivity index is 4.81. The number of rotatable bonds is 5. The molecule has 5 nitrogen and oxygen atoms in total. The van der Waals surface area contributed by atoms with Gasteiger partial charge in [0.1, 0.15) is 11.4 Å². The van der Waals surface area contributed by atoms with Crippen molar-refractivity contribution in [3.8, 4) is 0 Å². The minimum Gasteiger partial charge on any atom is -0.444 e. The largest absolute Gasteiger partial charge is 0.444 e. The van der Waals surface area contributed by atoms with Gasteiger partial charge in [0.15, 0.2) is 5.78 Å². The summed E-state index contributed by atoms with van der Waals surface area (Å²) in [5, 5.41) is 2.55. The van der Waals surface area contributed by atoms with Crippen LogP contribution >= 0.6 is 0 Å². The van der Waals surface area contributed by atoms with Gasteiger partial charge in [-0.25, -0.2) is 4.79 Å². The minimum absolute atomic E-state index is 0.109. The lowest BCUT2D eigenvalue weighted by molar-refractivity contribution is -0.132. The van der Waals surface area contributed by atoms with Gasteiger partial charge in [-0.2, -0.15) is 0 Å². The summed E-state index contributed by atoms with van der Waals surface area (Å²) in [6.07, 6.45) is -0.643. The topological polar surface area (TPSA) is 72.5 Å². The molecule has 0 rings (SSSR count). The SMILES string of the molecule is CC(=O)C(C)C(=O)[C@@H](NC(=O)OC(C)(C)C)C(C)C. The van der Waals surface area contributed by atoms with Gasteiger partial charge >= 0.3 is 6.09 Å². The number of ketones is 2. The molecule has 0 spiro atoms. The number of carbonyl (C=O) groups excluding carboxylic acids is 3. The number of nitrogens with one attached hydrogen (secondary N) is 1. The van der Waals surface area contributed by atoms with Crippen molar-refractivity contribution < 1.29 is 19.1 Å². The predicted octanol–water partition coefficient (Wildman–Crippen LogP) is 2.33. The first-order valence-electron chi connectivity index (χ1n) is 6.49. The lowest BCUT2D eigenvalue weighted by atomic mass is 9.90. The highest BCUT2D eigenvalue weighted by Crippen LogP contribution is 2.12. The number of carbonyl (C=O) groups is 3. The van der Waals surface area contributed by atoms with Crippen LogP contribution in [0.2, 0.25) is 0 Å². The highest BCUT2D eigenvalue weighted by atomic mass is 16.6. The lowest BCUT2D eigenvalue weighted by Gasteiger charge is -2.26. The second kappa shape index (κ2) is 6.68. The van der Waals surface area contributed by atoms with Gasteiger partial charge in [0.2, 0.25) is 0 Å². The third kappa shape index (κ3) is 6.36. The van der Waals surface area contributed by atoms with Crippen LogP contribution in [0.5, 0.6) is 0 Å². The standard InChI is InChI=1S/C14H25NO4/c1-8(2)11(12(17)9(3)10(4)16)15-13(18)19-14(5,6)7/h8-9,11H,1-7H3,(H,15,18)/t9?,11-/m0/s1. The molecule has 2 atom stereocenters. The summed E-state index contributed by atoms with van der Waals surface area (Å²) in [6, 6.07) is -0.714. The second-order valence-corrected chi connectivity index (χ2v) is 6.10. The summed E-state index contributed by atoms with van der Waals surface area (Å²) in [5.41, 5.74) is -0.624. The van der Waals surface area contributed by atoms with E-state index in [1.807, 2.05) is 13.8 Å². The smallest absolute Gasteiger partial charge is 0.408 e. The molecule has 5 heteroatoms. The summed E-state index contributed by atoms with van der Waals surface area (Å²) in [6.45, 7) is 11.8. The van der Waals surface area contributed by atoms with Gasteiger partial charge in [-0.1, -0.05) is 13.8 Å². The number of ether oxygens (including phenoxy) is 1. The molecule has 0 aliphatic rings. The Morgan fingerprint density at radius 2 is 1.53 bits per heavy atom. The Kier molecular flexibility index (Phi) is 6.19. The summed E-state index contributed by atoms with van der Waals surface area (Å²) >= 11 is 0. The summed E-state index contributed by atoms with van der Waals surface area (Å²) < 4.78 is 5.12. The molecular formula is C14H25NO4. The molecule has 1 unspecified atom stereocenters. The van der Waals surface area contributed by atoms with Crippen molar-refractivity contribution in [1.29, 1.82) is 0 Å². The maximum Gasteiger partial charge on any atom is 0.408 e. The van der Waals surface area contributed by atoms with Gasteiger partial charge in [-0.05, 0) is 40.5 Å². The molecule has 0 bridgehead atoms. The molecule has 1 N–H and O–H groups in total. The molecule has 0 saturated heterocycles. The van der Waals surface area contributed by atoms with Crippen LogP contribution < -0.4 is 5.32 Å². The average molecular weight is 271 g/mol. The molecular weight excluding hydrogens is 246 g/mol. The molecule has 0 aromatic rings. The molecule has 110 valence electrons. The van der Waals surface area contributed by atoms with Crippen molar-refractivity contribution >= 4 is 17.7 Å². The number of hydrogen-bond donors (Lipinski definition) is 1. The van der Waals surface area contributed by atoms with E-state index in [0.29, 0.717) is 0 Å². The maximum atomic E-state index is 12.1. The first kappa shape index (κ1) is 17.6. The Morgan fingerprint density at radius 1 is 1.05 bits per heavy atom. The molecule has 1 amide bonds. The van der Waals surface area contributed by atoms with Crippen LogP contribution in [0.25, 0.3) is 0 Å². The number of alkyl carbamates (subject to hydrolysis) is 1. The van der Waals surface area contributed by atoms with Crippen LogP contribution in [0.1, 0.15) is 48.5 Å². The van der Waals surface area contributed by atoms with Crippen LogP contribution in [0.3, 0.4) is 0 Å². The number of hydrogen-bond acceptors (Lipinski definition) is 4. The fourth-order valence-corrected chi connectivity index (χ4v) is 1.47. The van der Waals surface area contributed by atoms with Crippen molar-refractivity contribution in [2.24, 2.45) is 11.8 Å². The maximum absolute atomic E-state index is 12.1. The van der Waals surface area contributed by atoms with Crippen molar-refractivity contribution in [3.63, 3.8) is 0 Å². The Labute approximate surface area is 115 Å². The van der Waals surface area contributed by atoms with E-state index < -0.39 is 23.7 Å². The van der Waals surface area contributed by atoms with E-state index in [0.717, 1.165) is 0 Å². The quantitative estimate of drug-likeness (QED) is 0.779. The highest BCUT2D eigenvalue weighted by molar-refractivity contribution is 6.04. The molecule has 0 radical (unpaired) electrons. The normalized spacial score (nSPS) is 14.7. The van der Waals surface area contributed by atoms with Gasteiger partial charge in [-0.3, -0.25) is 9.59 Å². The zero-order valence-electron chi connectivity index (χ0n) is 12.9. The monoisotopic (exact) mass is 271 g/mol. The molecule has 19 heavy (non-hydrogen) atoms. The van der Waals surface area contributed by atoms with E-state index in [1.165, 1.54) is 6.92 Å². The third-order valence-corrected chi connectivity index (χ3v) is 2.68. The summed E-state index contributed by atoms with van der Waals surface area (Å²) in [5.74, 6) is -1.32. The van der Waals surface area contributed by atoms with Gasteiger partial charge in [-0.15, -0.1) is 0 Å². The fraction of sp³-hybridized carbons (Fsp3) is 0.786. The number of amides is 1. The van der Waals surface area contributed by atoms with E-state index in [4.69, 9.17) is 4.74 Å². The number of Topliss-reactive ketones (excluding diaryl/α,β-unsaturated/α-hetero) is 2. The van der Waals surface area contributed by atoms with E-state index >= 15 is 0 Å². The highest BCUT2D eigenvalue weighted by Gasteiger charge is 2.31. The second-order valence-electron chi connectivity index (χ2n) is 6.10. The van der Waals surface area contributed by atoms with Crippen LogP contribution in [0.4, 0.5) is 4.79 Å². The first-order valence-corrected chi connectivity index (χ1v) is 6.49. The van der Waals surface area contributed by atoms with Crippen LogP contribution in [0, 0.1) is 11.8 Å². The average Bonchev–Trinajstić information content (AvgIpc) is 2.20. The Hall–Kier alpha value is -1.39. The van der Waals surface area contributed by atoms with E-state index in [-0.39, 0.29) is 17.5 Å². The van der Waals surface area contributed by atoms with Crippen LogP contribution in [0.15, 0.2) is 0 Å². The third-order valence-electron chi connectivity index (χ3n) is 2.68. The summed E-state index contributed by atoms with van der Waals surface area (Å²) in [7, 11) is 0.